The predicted molar refractivity (Wildman–Crippen MR) is 70.4 cm³/mol. The van der Waals surface area contributed by atoms with E-state index >= 15 is 0 Å². The Labute approximate surface area is 106 Å². The van der Waals surface area contributed by atoms with Crippen molar-refractivity contribution in [2.24, 2.45) is 5.92 Å². The summed E-state index contributed by atoms with van der Waals surface area (Å²) in [5, 5.41) is 9.47. The molecule has 2 nitrogen and oxygen atoms in total. The zero-order valence-electron chi connectivity index (χ0n) is 10.1. The minimum atomic E-state index is -0.630. The van der Waals surface area contributed by atoms with Gasteiger partial charge in [-0.15, -0.1) is 11.8 Å². The van der Waals surface area contributed by atoms with Gasteiger partial charge in [0.05, 0.1) is 5.92 Å². The van der Waals surface area contributed by atoms with Gasteiger partial charge in [-0.3, -0.25) is 4.79 Å². The summed E-state index contributed by atoms with van der Waals surface area (Å²) in [6.07, 6.45) is 4.07. The van der Waals surface area contributed by atoms with Crippen LogP contribution in [0.25, 0.3) is 0 Å². The van der Waals surface area contributed by atoms with Crippen molar-refractivity contribution < 1.29 is 9.90 Å². The molecule has 0 amide bonds. The van der Waals surface area contributed by atoms with E-state index in [4.69, 9.17) is 0 Å². The number of hydrogen-bond acceptors (Lipinski definition) is 2. The third-order valence-corrected chi connectivity index (χ3v) is 4.69. The molecule has 3 heteroatoms. The summed E-state index contributed by atoms with van der Waals surface area (Å²) in [6, 6.07) is 8.32. The van der Waals surface area contributed by atoms with Crippen molar-refractivity contribution >= 4 is 17.7 Å². The van der Waals surface area contributed by atoms with E-state index in [2.05, 4.69) is 25.1 Å². The first-order chi connectivity index (χ1) is 8.16. The molecule has 0 radical (unpaired) electrons. The van der Waals surface area contributed by atoms with E-state index in [1.165, 1.54) is 10.5 Å². The molecule has 1 aliphatic rings. The average Bonchev–Trinajstić information content (AvgIpc) is 2.29. The highest BCUT2D eigenvalue weighted by Gasteiger charge is 2.31. The van der Waals surface area contributed by atoms with Gasteiger partial charge in [-0.2, -0.15) is 0 Å². The number of thioether (sulfide) groups is 1. The molecule has 1 aromatic rings. The normalized spacial score (nSPS) is 24.5. The molecule has 0 saturated heterocycles. The van der Waals surface area contributed by atoms with Crippen LogP contribution in [-0.4, -0.2) is 16.3 Å². The van der Waals surface area contributed by atoms with Crippen LogP contribution in [0.4, 0.5) is 0 Å². The van der Waals surface area contributed by atoms with Gasteiger partial charge >= 0.3 is 5.97 Å². The summed E-state index contributed by atoms with van der Waals surface area (Å²) in [4.78, 5) is 12.4. The van der Waals surface area contributed by atoms with E-state index in [1.54, 1.807) is 11.8 Å². The second kappa shape index (κ2) is 5.58. The van der Waals surface area contributed by atoms with Crippen molar-refractivity contribution in [1.82, 2.24) is 0 Å². The quantitative estimate of drug-likeness (QED) is 0.888. The Balaban J connectivity index is 2.08. The van der Waals surface area contributed by atoms with Gasteiger partial charge < -0.3 is 5.11 Å². The Hall–Kier alpha value is -0.960. The van der Waals surface area contributed by atoms with Gasteiger partial charge in [0, 0.05) is 10.1 Å². The maximum atomic E-state index is 11.2. The molecule has 1 fully saturated rings. The second-order valence-electron chi connectivity index (χ2n) is 4.70. The molecular formula is C14H18O2S. The third-order valence-electron chi connectivity index (χ3n) is 3.30. The number of hydrogen-bond donors (Lipinski definition) is 1. The standard InChI is InChI=1S/C14H18O2S/c1-10-5-4-6-11(9-10)17-13-8-3-2-7-12(13)14(15)16/h4-6,9,12-13H,2-3,7-8H2,1H3,(H,15,16). The highest BCUT2D eigenvalue weighted by molar-refractivity contribution is 8.00. The Morgan fingerprint density at radius 3 is 2.82 bits per heavy atom. The van der Waals surface area contributed by atoms with Gasteiger partial charge in [0.25, 0.3) is 0 Å². The van der Waals surface area contributed by atoms with Crippen LogP contribution in [0, 0.1) is 12.8 Å². The molecule has 92 valence electrons. The lowest BCUT2D eigenvalue weighted by Gasteiger charge is -2.27. The van der Waals surface area contributed by atoms with Crippen LogP contribution >= 0.6 is 11.8 Å². The largest absolute Gasteiger partial charge is 0.481 e. The minimum absolute atomic E-state index is 0.172. The third kappa shape index (κ3) is 3.25. The molecular weight excluding hydrogens is 232 g/mol. The summed E-state index contributed by atoms with van der Waals surface area (Å²) in [5.74, 6) is -0.802. The monoisotopic (exact) mass is 250 g/mol. The summed E-state index contributed by atoms with van der Waals surface area (Å²) >= 11 is 1.73. The van der Waals surface area contributed by atoms with E-state index in [1.807, 2.05) is 6.07 Å². The van der Waals surface area contributed by atoms with Gasteiger partial charge in [-0.05, 0) is 31.9 Å². The predicted octanol–water partition coefficient (Wildman–Crippen LogP) is 3.73. The molecule has 0 spiro atoms. The van der Waals surface area contributed by atoms with Gasteiger partial charge in [-0.1, -0.05) is 30.5 Å². The van der Waals surface area contributed by atoms with Crippen LogP contribution in [0.3, 0.4) is 0 Å². The van der Waals surface area contributed by atoms with Crippen molar-refractivity contribution in [1.29, 1.82) is 0 Å². The highest BCUT2D eigenvalue weighted by Crippen LogP contribution is 2.37. The first kappa shape index (κ1) is 12.5. The lowest BCUT2D eigenvalue weighted by molar-refractivity contribution is -0.142. The van der Waals surface area contributed by atoms with Crippen LogP contribution in [0.15, 0.2) is 29.2 Å². The van der Waals surface area contributed by atoms with Crippen LogP contribution < -0.4 is 0 Å². The molecule has 1 saturated carbocycles. The van der Waals surface area contributed by atoms with Crippen molar-refractivity contribution in [3.05, 3.63) is 29.8 Å². The summed E-state index contributed by atoms with van der Waals surface area (Å²) in [7, 11) is 0. The molecule has 1 aromatic carbocycles. The van der Waals surface area contributed by atoms with E-state index in [-0.39, 0.29) is 11.2 Å². The Bertz CT molecular complexity index is 403. The fourth-order valence-corrected chi connectivity index (χ4v) is 3.85. The minimum Gasteiger partial charge on any atom is -0.481 e. The lowest BCUT2D eigenvalue weighted by Crippen LogP contribution is -2.28. The van der Waals surface area contributed by atoms with Gasteiger partial charge in [0.2, 0.25) is 0 Å². The number of aliphatic carboxylic acids is 1. The number of carboxylic acid groups (broad SMARTS) is 1. The van der Waals surface area contributed by atoms with E-state index < -0.39 is 5.97 Å². The fourth-order valence-electron chi connectivity index (χ4n) is 2.38. The topological polar surface area (TPSA) is 37.3 Å². The summed E-state index contributed by atoms with van der Waals surface area (Å²) < 4.78 is 0. The first-order valence-corrected chi connectivity index (χ1v) is 7.01. The average molecular weight is 250 g/mol. The van der Waals surface area contributed by atoms with Crippen LogP contribution in [0.1, 0.15) is 31.2 Å². The van der Waals surface area contributed by atoms with Gasteiger partial charge in [0.15, 0.2) is 0 Å². The van der Waals surface area contributed by atoms with E-state index in [0.717, 1.165) is 25.7 Å². The molecule has 1 N–H and O–H groups in total. The maximum absolute atomic E-state index is 11.2. The van der Waals surface area contributed by atoms with Crippen molar-refractivity contribution in [2.45, 2.75) is 42.8 Å². The Morgan fingerprint density at radius 2 is 2.12 bits per heavy atom. The maximum Gasteiger partial charge on any atom is 0.307 e. The molecule has 0 aliphatic heterocycles. The molecule has 2 atom stereocenters. The van der Waals surface area contributed by atoms with Crippen molar-refractivity contribution in [3.8, 4) is 0 Å². The molecule has 1 aliphatic carbocycles. The number of carbonyl (C=O) groups is 1. The highest BCUT2D eigenvalue weighted by atomic mass is 32.2. The van der Waals surface area contributed by atoms with E-state index in [9.17, 15) is 9.90 Å². The number of rotatable bonds is 3. The molecule has 2 unspecified atom stereocenters. The van der Waals surface area contributed by atoms with Crippen LogP contribution in [0.2, 0.25) is 0 Å². The van der Waals surface area contributed by atoms with Gasteiger partial charge in [-0.25, -0.2) is 0 Å². The van der Waals surface area contributed by atoms with Gasteiger partial charge in [0.1, 0.15) is 0 Å². The molecule has 0 bridgehead atoms. The Morgan fingerprint density at radius 1 is 1.35 bits per heavy atom. The van der Waals surface area contributed by atoms with Crippen molar-refractivity contribution in [2.75, 3.05) is 0 Å². The summed E-state index contributed by atoms with van der Waals surface area (Å²) in [6.45, 7) is 2.07. The van der Waals surface area contributed by atoms with Crippen molar-refractivity contribution in [3.63, 3.8) is 0 Å². The second-order valence-corrected chi connectivity index (χ2v) is 6.01. The zero-order valence-corrected chi connectivity index (χ0v) is 10.9. The SMILES string of the molecule is Cc1cccc(SC2CCCCC2C(=O)O)c1. The zero-order chi connectivity index (χ0) is 12.3. The van der Waals surface area contributed by atoms with Crippen LogP contribution in [0.5, 0.6) is 0 Å². The van der Waals surface area contributed by atoms with Crippen LogP contribution in [-0.2, 0) is 4.79 Å². The lowest BCUT2D eigenvalue weighted by atomic mass is 9.89. The number of aryl methyl sites for hydroxylation is 1. The molecule has 0 aromatic heterocycles. The molecule has 2 rings (SSSR count). The van der Waals surface area contributed by atoms with E-state index in [0.29, 0.717) is 0 Å². The number of benzene rings is 1. The first-order valence-electron chi connectivity index (χ1n) is 6.13. The summed E-state index contributed by atoms with van der Waals surface area (Å²) in [5.41, 5.74) is 1.23. The number of carboxylic acids is 1. The fraction of sp³-hybridized carbons (Fsp3) is 0.500. The molecule has 0 heterocycles. The molecule has 17 heavy (non-hydrogen) atoms. The Kier molecular flexibility index (Phi) is 4.11. The smallest absolute Gasteiger partial charge is 0.307 e.